The topological polar surface area (TPSA) is 117 Å². The molecule has 10 nitrogen and oxygen atoms in total. The van der Waals surface area contributed by atoms with Gasteiger partial charge in [-0.1, -0.05) is 0 Å². The van der Waals surface area contributed by atoms with Crippen LogP contribution in [-0.2, 0) is 15.8 Å². The maximum atomic E-state index is 13.3. The number of benzene rings is 1. The Hall–Kier alpha value is -3.51. The van der Waals surface area contributed by atoms with Crippen LogP contribution < -0.4 is 15.4 Å². The molecule has 2 N–H and O–H groups in total. The van der Waals surface area contributed by atoms with Gasteiger partial charge in [0.2, 0.25) is 11.8 Å². The number of hydrogen-bond donors (Lipinski definition) is 2. The summed E-state index contributed by atoms with van der Waals surface area (Å²) < 4.78 is 44.7. The van der Waals surface area contributed by atoms with Crippen molar-refractivity contribution >= 4 is 17.5 Å². The van der Waals surface area contributed by atoms with E-state index in [0.29, 0.717) is 45.1 Å². The largest absolute Gasteiger partial charge is 0.497 e. The SMILES string of the molecule is COc1cc(NC(=C[N+](=O)[O-])N[C@H]2CCCCN(CC(=O)N3CCCC3)C2=O)cc(C(F)(F)F)c1. The lowest BCUT2D eigenvalue weighted by Gasteiger charge is -2.27. The number of nitrogens with one attached hydrogen (secondary N) is 2. The molecular formula is C22H28F3N5O5. The number of carbonyl (C=O) groups is 2. The molecule has 1 aromatic carbocycles. The van der Waals surface area contributed by atoms with Crippen LogP contribution >= 0.6 is 0 Å². The Morgan fingerprint density at radius 1 is 1.20 bits per heavy atom. The van der Waals surface area contributed by atoms with Gasteiger partial charge in [-0.2, -0.15) is 13.2 Å². The predicted molar refractivity (Wildman–Crippen MR) is 120 cm³/mol. The first-order valence-electron chi connectivity index (χ1n) is 11.3. The molecule has 2 aliphatic heterocycles. The number of hydrogen-bond acceptors (Lipinski definition) is 7. The lowest BCUT2D eigenvalue weighted by Crippen LogP contribution is -2.49. The zero-order valence-corrected chi connectivity index (χ0v) is 19.3. The molecule has 1 atom stereocenters. The second-order valence-corrected chi connectivity index (χ2v) is 8.44. The van der Waals surface area contributed by atoms with E-state index in [1.807, 2.05) is 0 Å². The van der Waals surface area contributed by atoms with Gasteiger partial charge in [-0.25, -0.2) is 0 Å². The standard InChI is InChI=1S/C22H28F3N5O5/c1-35-17-11-15(22(23,24)25)10-16(12-17)26-19(13-30(33)34)27-18-6-2-3-9-29(21(18)32)14-20(31)28-7-4-5-8-28/h10-13,18,26-27H,2-9,14H2,1H3/t18-/m0/s1. The van der Waals surface area contributed by atoms with E-state index in [-0.39, 0.29) is 29.7 Å². The highest BCUT2D eigenvalue weighted by Crippen LogP contribution is 2.34. The summed E-state index contributed by atoms with van der Waals surface area (Å²) in [4.78, 5) is 39.3. The van der Waals surface area contributed by atoms with E-state index in [1.165, 1.54) is 18.1 Å². The molecule has 2 heterocycles. The third-order valence-corrected chi connectivity index (χ3v) is 5.88. The van der Waals surface area contributed by atoms with Crippen LogP contribution in [0.15, 0.2) is 30.2 Å². The maximum absolute atomic E-state index is 13.3. The van der Waals surface area contributed by atoms with Crippen molar-refractivity contribution in [3.63, 3.8) is 0 Å². The van der Waals surface area contributed by atoms with Crippen LogP contribution in [0, 0.1) is 10.1 Å². The molecule has 0 saturated carbocycles. The molecule has 13 heteroatoms. The molecule has 0 aliphatic carbocycles. The fourth-order valence-electron chi connectivity index (χ4n) is 4.13. The first-order valence-corrected chi connectivity index (χ1v) is 11.3. The summed E-state index contributed by atoms with van der Waals surface area (Å²) in [7, 11) is 1.20. The molecule has 35 heavy (non-hydrogen) atoms. The predicted octanol–water partition coefficient (Wildman–Crippen LogP) is 2.79. The number of amides is 2. The Bertz CT molecular complexity index is 979. The van der Waals surface area contributed by atoms with Gasteiger partial charge in [0, 0.05) is 31.4 Å². The highest BCUT2D eigenvalue weighted by atomic mass is 19.4. The fourth-order valence-corrected chi connectivity index (χ4v) is 4.13. The number of nitrogens with zero attached hydrogens (tertiary/aromatic N) is 3. The quantitative estimate of drug-likeness (QED) is 0.417. The van der Waals surface area contributed by atoms with Gasteiger partial charge in [-0.15, -0.1) is 0 Å². The maximum Gasteiger partial charge on any atom is 0.416 e. The molecule has 192 valence electrons. The van der Waals surface area contributed by atoms with Crippen LogP contribution in [-0.4, -0.2) is 65.9 Å². The van der Waals surface area contributed by atoms with Gasteiger partial charge in [0.25, 0.3) is 6.20 Å². The minimum Gasteiger partial charge on any atom is -0.497 e. The Labute approximate surface area is 200 Å². The summed E-state index contributed by atoms with van der Waals surface area (Å²) in [6.07, 6.45) is -0.647. The van der Waals surface area contributed by atoms with Crippen molar-refractivity contribution in [3.05, 3.63) is 45.9 Å². The summed E-state index contributed by atoms with van der Waals surface area (Å²) in [5.41, 5.74) is -1.11. The molecule has 2 aliphatic rings. The first-order chi connectivity index (χ1) is 16.6. The molecule has 0 spiro atoms. The molecule has 0 aromatic heterocycles. The van der Waals surface area contributed by atoms with Crippen molar-refractivity contribution in [2.45, 2.75) is 44.3 Å². The monoisotopic (exact) mass is 499 g/mol. The molecule has 0 bridgehead atoms. The van der Waals surface area contributed by atoms with Crippen LogP contribution in [0.25, 0.3) is 0 Å². The van der Waals surface area contributed by atoms with Crippen LogP contribution in [0.4, 0.5) is 18.9 Å². The van der Waals surface area contributed by atoms with Crippen LogP contribution in [0.5, 0.6) is 5.75 Å². The summed E-state index contributed by atoms with van der Waals surface area (Å²) >= 11 is 0. The lowest BCUT2D eigenvalue weighted by molar-refractivity contribution is -0.403. The van der Waals surface area contributed by atoms with Gasteiger partial charge in [-0.3, -0.25) is 19.7 Å². The van der Waals surface area contributed by atoms with Crippen LogP contribution in [0.2, 0.25) is 0 Å². The second-order valence-electron chi connectivity index (χ2n) is 8.44. The van der Waals surface area contributed by atoms with Crippen molar-refractivity contribution in [1.29, 1.82) is 0 Å². The smallest absolute Gasteiger partial charge is 0.416 e. The third kappa shape index (κ3) is 7.23. The van der Waals surface area contributed by atoms with Crippen LogP contribution in [0.3, 0.4) is 0 Å². The number of methoxy groups -OCH3 is 1. The number of likely N-dealkylation sites (tertiary alicyclic amines) is 2. The van der Waals surface area contributed by atoms with Gasteiger partial charge in [0.05, 0.1) is 24.1 Å². The van der Waals surface area contributed by atoms with E-state index in [4.69, 9.17) is 4.74 Å². The fraction of sp³-hybridized carbons (Fsp3) is 0.545. The van der Waals surface area contributed by atoms with E-state index in [2.05, 4.69) is 10.6 Å². The average molecular weight is 499 g/mol. The normalized spacial score (nSPS) is 19.4. The Morgan fingerprint density at radius 2 is 1.89 bits per heavy atom. The molecule has 3 rings (SSSR count). The Kier molecular flexibility index (Phi) is 8.41. The van der Waals surface area contributed by atoms with Gasteiger partial charge in [0.1, 0.15) is 11.8 Å². The number of carbonyl (C=O) groups excluding carboxylic acids is 2. The van der Waals surface area contributed by atoms with E-state index in [1.54, 1.807) is 4.90 Å². The number of rotatable bonds is 8. The lowest BCUT2D eigenvalue weighted by atomic mass is 10.1. The minimum absolute atomic E-state index is 0.0798. The van der Waals surface area contributed by atoms with Crippen LogP contribution in [0.1, 0.15) is 37.7 Å². The summed E-state index contributed by atoms with van der Waals surface area (Å²) in [6.45, 7) is 1.61. The molecule has 0 radical (unpaired) electrons. The average Bonchev–Trinajstić information content (AvgIpc) is 3.28. The van der Waals surface area contributed by atoms with Gasteiger partial charge >= 0.3 is 6.18 Å². The molecule has 1 aromatic rings. The summed E-state index contributed by atoms with van der Waals surface area (Å²) in [5.74, 6) is -0.901. The second kappa shape index (κ2) is 11.3. The van der Waals surface area contributed by atoms with Gasteiger partial charge in [-0.05, 0) is 44.2 Å². The minimum atomic E-state index is -4.66. The number of anilines is 1. The Balaban J connectivity index is 1.78. The molecule has 0 unspecified atom stereocenters. The van der Waals surface area contributed by atoms with Crippen molar-refractivity contribution in [1.82, 2.24) is 15.1 Å². The Morgan fingerprint density at radius 3 is 2.51 bits per heavy atom. The van der Waals surface area contributed by atoms with E-state index < -0.39 is 28.6 Å². The van der Waals surface area contributed by atoms with Crippen molar-refractivity contribution in [2.24, 2.45) is 0 Å². The highest BCUT2D eigenvalue weighted by Gasteiger charge is 2.33. The number of ether oxygens (including phenoxy) is 1. The number of alkyl halides is 3. The highest BCUT2D eigenvalue weighted by molar-refractivity contribution is 5.88. The van der Waals surface area contributed by atoms with Gasteiger partial charge < -0.3 is 25.2 Å². The van der Waals surface area contributed by atoms with E-state index in [9.17, 15) is 32.9 Å². The van der Waals surface area contributed by atoms with Crippen molar-refractivity contribution in [2.75, 3.05) is 38.6 Å². The van der Waals surface area contributed by atoms with Gasteiger partial charge in [0.15, 0.2) is 5.82 Å². The zero-order valence-electron chi connectivity index (χ0n) is 19.3. The van der Waals surface area contributed by atoms with Crippen molar-refractivity contribution < 1.29 is 32.4 Å². The molecular weight excluding hydrogens is 471 g/mol. The molecule has 2 amide bonds. The van der Waals surface area contributed by atoms with E-state index >= 15 is 0 Å². The van der Waals surface area contributed by atoms with Crippen molar-refractivity contribution in [3.8, 4) is 5.75 Å². The number of nitro groups is 1. The van der Waals surface area contributed by atoms with E-state index in [0.717, 1.165) is 25.0 Å². The first kappa shape index (κ1) is 26.1. The zero-order chi connectivity index (χ0) is 25.6. The summed E-state index contributed by atoms with van der Waals surface area (Å²) in [6, 6.07) is 1.95. The third-order valence-electron chi connectivity index (χ3n) is 5.88. The number of halogens is 3. The molecule has 2 saturated heterocycles. The summed E-state index contributed by atoms with van der Waals surface area (Å²) in [5, 5.41) is 16.5. The molecule has 2 fully saturated rings.